The summed E-state index contributed by atoms with van der Waals surface area (Å²) in [7, 11) is 0. The van der Waals surface area contributed by atoms with Gasteiger partial charge in [-0.1, -0.05) is 32.1 Å². The van der Waals surface area contributed by atoms with Gasteiger partial charge in [-0.05, 0) is 38.0 Å². The molecule has 0 aromatic heterocycles. The van der Waals surface area contributed by atoms with E-state index >= 15 is 0 Å². The Morgan fingerprint density at radius 3 is 2.52 bits per heavy atom. The number of carboxylic acids is 1. The Kier molecular flexibility index (Phi) is 6.33. The van der Waals surface area contributed by atoms with Gasteiger partial charge in [0.25, 0.3) is 0 Å². The molecule has 120 valence electrons. The monoisotopic (exact) mass is 296 g/mol. The topological polar surface area (TPSA) is 78.4 Å². The molecule has 0 bridgehead atoms. The van der Waals surface area contributed by atoms with E-state index in [4.69, 9.17) is 5.11 Å². The van der Waals surface area contributed by atoms with Crippen LogP contribution in [0, 0.1) is 11.8 Å². The number of carboxylic acid groups (broad SMARTS) is 1. The number of aliphatic carboxylic acids is 1. The van der Waals surface area contributed by atoms with Gasteiger partial charge in [-0.2, -0.15) is 0 Å². The quantitative estimate of drug-likeness (QED) is 0.659. The third kappa shape index (κ3) is 5.56. The van der Waals surface area contributed by atoms with E-state index in [9.17, 15) is 9.59 Å². The summed E-state index contributed by atoms with van der Waals surface area (Å²) < 4.78 is 0. The predicted molar refractivity (Wildman–Crippen MR) is 81.1 cm³/mol. The standard InChI is InChI=1S/C16H28N2O3/c19-15(20)13-8-3-9-14(11-13)18-16(21)17-10-4-7-12-5-1-2-6-12/h12-14H,1-11H2,(H,19,20)(H2,17,18,21). The summed E-state index contributed by atoms with van der Waals surface area (Å²) in [5, 5.41) is 14.9. The highest BCUT2D eigenvalue weighted by molar-refractivity contribution is 5.74. The van der Waals surface area contributed by atoms with Gasteiger partial charge < -0.3 is 15.7 Å². The maximum Gasteiger partial charge on any atom is 0.315 e. The second-order valence-corrected chi connectivity index (χ2v) is 6.59. The number of carbonyl (C=O) groups excluding carboxylic acids is 1. The summed E-state index contributed by atoms with van der Waals surface area (Å²) in [6.07, 6.45) is 10.8. The normalized spacial score (nSPS) is 26.5. The van der Waals surface area contributed by atoms with E-state index < -0.39 is 5.97 Å². The molecule has 0 heterocycles. The molecule has 0 aromatic carbocycles. The minimum absolute atomic E-state index is 0.00896. The first-order chi connectivity index (χ1) is 10.1. The highest BCUT2D eigenvalue weighted by atomic mass is 16.4. The Bertz CT molecular complexity index is 353. The minimum Gasteiger partial charge on any atom is -0.481 e. The van der Waals surface area contributed by atoms with Crippen LogP contribution in [-0.2, 0) is 4.79 Å². The lowest BCUT2D eigenvalue weighted by molar-refractivity contribution is -0.143. The summed E-state index contributed by atoms with van der Waals surface area (Å²) in [4.78, 5) is 22.8. The van der Waals surface area contributed by atoms with Crippen LogP contribution in [0.25, 0.3) is 0 Å². The molecule has 5 heteroatoms. The first-order valence-corrected chi connectivity index (χ1v) is 8.42. The van der Waals surface area contributed by atoms with Crippen molar-refractivity contribution in [3.05, 3.63) is 0 Å². The van der Waals surface area contributed by atoms with Gasteiger partial charge in [0.05, 0.1) is 5.92 Å². The largest absolute Gasteiger partial charge is 0.481 e. The molecule has 2 atom stereocenters. The zero-order chi connectivity index (χ0) is 15.1. The number of rotatable bonds is 6. The van der Waals surface area contributed by atoms with Crippen LogP contribution in [0.15, 0.2) is 0 Å². The van der Waals surface area contributed by atoms with Crippen molar-refractivity contribution in [1.29, 1.82) is 0 Å². The van der Waals surface area contributed by atoms with Crippen molar-refractivity contribution < 1.29 is 14.7 Å². The van der Waals surface area contributed by atoms with Gasteiger partial charge in [0.2, 0.25) is 0 Å². The number of hydrogen-bond donors (Lipinski definition) is 3. The molecule has 2 fully saturated rings. The van der Waals surface area contributed by atoms with Gasteiger partial charge in [-0.25, -0.2) is 4.79 Å². The zero-order valence-corrected chi connectivity index (χ0v) is 12.8. The van der Waals surface area contributed by atoms with Crippen LogP contribution in [-0.4, -0.2) is 29.7 Å². The Labute approximate surface area is 126 Å². The number of amides is 2. The van der Waals surface area contributed by atoms with Crippen molar-refractivity contribution in [2.24, 2.45) is 11.8 Å². The van der Waals surface area contributed by atoms with E-state index in [2.05, 4.69) is 10.6 Å². The number of urea groups is 1. The highest BCUT2D eigenvalue weighted by Crippen LogP contribution is 2.28. The smallest absolute Gasteiger partial charge is 0.315 e. The van der Waals surface area contributed by atoms with Crippen LogP contribution >= 0.6 is 0 Å². The molecule has 0 saturated heterocycles. The Balaban J connectivity index is 1.57. The van der Waals surface area contributed by atoms with Crippen LogP contribution < -0.4 is 10.6 Å². The van der Waals surface area contributed by atoms with E-state index in [1.54, 1.807) is 0 Å². The van der Waals surface area contributed by atoms with Crippen LogP contribution in [0.2, 0.25) is 0 Å². The fraction of sp³-hybridized carbons (Fsp3) is 0.875. The van der Waals surface area contributed by atoms with Crippen molar-refractivity contribution in [3.8, 4) is 0 Å². The maximum atomic E-state index is 11.8. The molecule has 2 aliphatic rings. The average molecular weight is 296 g/mol. The molecule has 0 spiro atoms. The van der Waals surface area contributed by atoms with Crippen LogP contribution in [0.3, 0.4) is 0 Å². The molecular weight excluding hydrogens is 268 g/mol. The van der Waals surface area contributed by atoms with Crippen LogP contribution in [0.1, 0.15) is 64.2 Å². The summed E-state index contributed by atoms with van der Waals surface area (Å²) in [5.74, 6) is -0.172. The second-order valence-electron chi connectivity index (χ2n) is 6.59. The third-order valence-electron chi connectivity index (χ3n) is 4.91. The average Bonchev–Trinajstić information content (AvgIpc) is 2.97. The van der Waals surface area contributed by atoms with Gasteiger partial charge >= 0.3 is 12.0 Å². The van der Waals surface area contributed by atoms with Gasteiger partial charge in [-0.3, -0.25) is 4.79 Å². The Morgan fingerprint density at radius 1 is 1.05 bits per heavy atom. The van der Waals surface area contributed by atoms with Crippen molar-refractivity contribution >= 4 is 12.0 Å². The molecule has 5 nitrogen and oxygen atoms in total. The van der Waals surface area contributed by atoms with Gasteiger partial charge in [-0.15, -0.1) is 0 Å². The molecule has 2 saturated carbocycles. The van der Waals surface area contributed by atoms with Crippen molar-refractivity contribution in [2.75, 3.05) is 6.54 Å². The lowest BCUT2D eigenvalue weighted by atomic mass is 9.86. The fourth-order valence-electron chi connectivity index (χ4n) is 3.67. The number of hydrogen-bond acceptors (Lipinski definition) is 2. The van der Waals surface area contributed by atoms with Gasteiger partial charge in [0.1, 0.15) is 0 Å². The molecule has 21 heavy (non-hydrogen) atoms. The summed E-state index contributed by atoms with van der Waals surface area (Å²) in [6, 6.07) is -0.132. The van der Waals surface area contributed by atoms with Crippen molar-refractivity contribution in [3.63, 3.8) is 0 Å². The van der Waals surface area contributed by atoms with Crippen molar-refractivity contribution in [2.45, 2.75) is 70.3 Å². The molecule has 2 aliphatic carbocycles. The summed E-state index contributed by atoms with van der Waals surface area (Å²) >= 11 is 0. The molecule has 2 amide bonds. The lowest BCUT2D eigenvalue weighted by Gasteiger charge is -2.27. The summed E-state index contributed by atoms with van der Waals surface area (Å²) in [5.41, 5.74) is 0. The van der Waals surface area contributed by atoms with Gasteiger partial charge in [0, 0.05) is 12.6 Å². The molecule has 0 aromatic rings. The predicted octanol–water partition coefficient (Wildman–Crippen LogP) is 2.90. The highest BCUT2D eigenvalue weighted by Gasteiger charge is 2.27. The van der Waals surface area contributed by atoms with E-state index in [0.29, 0.717) is 6.42 Å². The first-order valence-electron chi connectivity index (χ1n) is 8.42. The van der Waals surface area contributed by atoms with Crippen molar-refractivity contribution in [1.82, 2.24) is 10.6 Å². The lowest BCUT2D eigenvalue weighted by Crippen LogP contribution is -2.45. The molecule has 2 rings (SSSR count). The van der Waals surface area contributed by atoms with E-state index in [0.717, 1.165) is 38.1 Å². The Morgan fingerprint density at radius 2 is 1.81 bits per heavy atom. The zero-order valence-electron chi connectivity index (χ0n) is 12.8. The summed E-state index contributed by atoms with van der Waals surface area (Å²) in [6.45, 7) is 0.720. The molecule has 0 aliphatic heterocycles. The minimum atomic E-state index is -0.738. The van der Waals surface area contributed by atoms with Crippen LogP contribution in [0.5, 0.6) is 0 Å². The molecule has 2 unspecified atom stereocenters. The van der Waals surface area contributed by atoms with Gasteiger partial charge in [0.15, 0.2) is 0 Å². The molecular formula is C16H28N2O3. The first kappa shape index (κ1) is 16.1. The van der Waals surface area contributed by atoms with E-state index in [1.807, 2.05) is 0 Å². The number of nitrogens with one attached hydrogen (secondary N) is 2. The maximum absolute atomic E-state index is 11.8. The van der Waals surface area contributed by atoms with E-state index in [1.165, 1.54) is 32.1 Å². The molecule has 3 N–H and O–H groups in total. The van der Waals surface area contributed by atoms with Crippen LogP contribution in [0.4, 0.5) is 4.79 Å². The Hall–Kier alpha value is -1.26. The van der Waals surface area contributed by atoms with E-state index in [-0.39, 0.29) is 18.0 Å². The second kappa shape index (κ2) is 8.25. The SMILES string of the molecule is O=C(NCCCC1CCCC1)NC1CCCC(C(=O)O)C1. The third-order valence-corrected chi connectivity index (χ3v) is 4.91. The molecule has 0 radical (unpaired) electrons. The fourth-order valence-corrected chi connectivity index (χ4v) is 3.67. The number of carbonyl (C=O) groups is 2.